The number of hydrogen-bond donors (Lipinski definition) is 2. The summed E-state index contributed by atoms with van der Waals surface area (Å²) in [6.07, 6.45) is 0. The Labute approximate surface area is 157 Å². The van der Waals surface area contributed by atoms with Gasteiger partial charge in [-0.05, 0) is 18.4 Å². The first kappa shape index (κ1) is 17.9. The van der Waals surface area contributed by atoms with Crippen LogP contribution >= 0.6 is 11.3 Å². The zero-order chi connectivity index (χ0) is 18.4. The van der Waals surface area contributed by atoms with E-state index >= 15 is 0 Å². The van der Waals surface area contributed by atoms with Crippen molar-refractivity contribution in [2.75, 3.05) is 5.32 Å². The lowest BCUT2D eigenvalue weighted by Gasteiger charge is -2.20. The van der Waals surface area contributed by atoms with Crippen molar-refractivity contribution in [3.63, 3.8) is 0 Å². The molecule has 0 aliphatic rings. The maximum atomic E-state index is 12.6. The largest absolute Gasteiger partial charge is 0.326 e. The van der Waals surface area contributed by atoms with Gasteiger partial charge in [-0.15, -0.1) is 11.3 Å². The highest BCUT2D eigenvalue weighted by Gasteiger charge is 2.25. The molecule has 4 nitrogen and oxygen atoms in total. The van der Waals surface area contributed by atoms with E-state index in [1.54, 1.807) is 11.4 Å². The van der Waals surface area contributed by atoms with Gasteiger partial charge in [0.1, 0.15) is 17.1 Å². The number of rotatable bonds is 6. The minimum absolute atomic E-state index is 0.0249. The van der Waals surface area contributed by atoms with E-state index in [1.807, 2.05) is 43.3 Å². The summed E-state index contributed by atoms with van der Waals surface area (Å²) in [7, 11) is 0. The Bertz CT molecular complexity index is 860. The van der Waals surface area contributed by atoms with Gasteiger partial charge in [0.05, 0.1) is 5.56 Å². The number of nitriles is 1. The predicted octanol–water partition coefficient (Wildman–Crippen LogP) is 3.30. The van der Waals surface area contributed by atoms with Crippen LogP contribution in [0.15, 0.2) is 72.1 Å². The molecule has 3 N–H and O–H groups in total. The van der Waals surface area contributed by atoms with Crippen LogP contribution in [0.25, 0.3) is 0 Å². The molecule has 0 bridgehead atoms. The highest BCUT2D eigenvalue weighted by Crippen LogP contribution is 2.22. The molecule has 0 aliphatic carbocycles. The van der Waals surface area contributed by atoms with Crippen LogP contribution in [-0.2, 0) is 4.79 Å². The molecular formula is C21H20N3OS+. The summed E-state index contributed by atoms with van der Waals surface area (Å²) in [4.78, 5) is 12.6. The number of nitrogens with one attached hydrogen (secondary N) is 1. The van der Waals surface area contributed by atoms with Gasteiger partial charge in [-0.25, -0.2) is 0 Å². The summed E-state index contributed by atoms with van der Waals surface area (Å²) in [5, 5.41) is 16.4. The van der Waals surface area contributed by atoms with Gasteiger partial charge < -0.3 is 10.6 Å². The van der Waals surface area contributed by atoms with Crippen LogP contribution in [0.2, 0.25) is 0 Å². The van der Waals surface area contributed by atoms with Crippen molar-refractivity contribution in [1.29, 1.82) is 5.26 Å². The number of carbonyl (C=O) groups is 1. The first-order valence-electron chi connectivity index (χ1n) is 8.42. The topological polar surface area (TPSA) is 69.5 Å². The molecule has 0 fully saturated rings. The number of hydrogen-bond acceptors (Lipinski definition) is 3. The van der Waals surface area contributed by atoms with Gasteiger partial charge in [-0.3, -0.25) is 4.79 Å². The maximum absolute atomic E-state index is 12.6. The van der Waals surface area contributed by atoms with Gasteiger partial charge in [0.2, 0.25) is 0 Å². The minimum Gasteiger partial charge on any atom is -0.326 e. The van der Waals surface area contributed by atoms with Crippen molar-refractivity contribution in [2.24, 2.45) is 0 Å². The Morgan fingerprint density at radius 3 is 2.15 bits per heavy atom. The molecule has 1 heterocycles. The Morgan fingerprint density at radius 2 is 1.62 bits per heavy atom. The fraction of sp³-hybridized carbons (Fsp3) is 0.143. The standard InChI is InChI=1S/C21H19N3OS/c1-15(20(25)24-21-18(14-22)12-13-26-21)23-19(16-8-4-2-5-9-16)17-10-6-3-7-11-17/h2-13,15,19,23H,1H3,(H,24,25)/p+1/t15-/m0/s1. The van der Waals surface area contributed by atoms with Crippen LogP contribution in [-0.4, -0.2) is 11.9 Å². The van der Waals surface area contributed by atoms with E-state index in [-0.39, 0.29) is 18.0 Å². The third-order valence-corrected chi connectivity index (χ3v) is 5.06. The van der Waals surface area contributed by atoms with E-state index in [4.69, 9.17) is 5.26 Å². The van der Waals surface area contributed by atoms with Crippen LogP contribution in [0.5, 0.6) is 0 Å². The molecule has 0 radical (unpaired) electrons. The van der Waals surface area contributed by atoms with Gasteiger partial charge in [0.15, 0.2) is 6.04 Å². The van der Waals surface area contributed by atoms with Gasteiger partial charge in [0.25, 0.3) is 5.91 Å². The molecule has 0 saturated heterocycles. The number of amides is 1. The molecular weight excluding hydrogens is 342 g/mol. The van der Waals surface area contributed by atoms with E-state index in [2.05, 4.69) is 41.0 Å². The molecule has 0 spiro atoms. The molecule has 3 rings (SSSR count). The minimum atomic E-state index is -0.311. The monoisotopic (exact) mass is 362 g/mol. The maximum Gasteiger partial charge on any atom is 0.282 e. The number of nitrogens with zero attached hydrogens (tertiary/aromatic N) is 1. The Morgan fingerprint density at radius 1 is 1.04 bits per heavy atom. The lowest BCUT2D eigenvalue weighted by molar-refractivity contribution is -0.704. The number of nitrogens with two attached hydrogens (primary N) is 1. The van der Waals surface area contributed by atoms with Crippen molar-refractivity contribution in [1.82, 2.24) is 0 Å². The van der Waals surface area contributed by atoms with E-state index in [9.17, 15) is 4.79 Å². The highest BCUT2D eigenvalue weighted by molar-refractivity contribution is 7.14. The zero-order valence-electron chi connectivity index (χ0n) is 14.4. The molecule has 1 aromatic heterocycles. The zero-order valence-corrected chi connectivity index (χ0v) is 15.2. The van der Waals surface area contributed by atoms with Crippen molar-refractivity contribution in [2.45, 2.75) is 19.0 Å². The van der Waals surface area contributed by atoms with Gasteiger partial charge in [-0.2, -0.15) is 5.26 Å². The molecule has 3 aromatic rings. The molecule has 26 heavy (non-hydrogen) atoms. The first-order valence-corrected chi connectivity index (χ1v) is 9.30. The van der Waals surface area contributed by atoms with E-state index in [0.717, 1.165) is 11.1 Å². The second-order valence-corrected chi connectivity index (χ2v) is 6.96. The first-order chi connectivity index (χ1) is 12.7. The Kier molecular flexibility index (Phi) is 5.80. The van der Waals surface area contributed by atoms with Crippen molar-refractivity contribution in [3.8, 4) is 6.07 Å². The molecule has 5 heteroatoms. The Hall–Kier alpha value is -2.94. The van der Waals surface area contributed by atoms with Crippen molar-refractivity contribution < 1.29 is 10.1 Å². The average molecular weight is 362 g/mol. The van der Waals surface area contributed by atoms with Gasteiger partial charge in [0, 0.05) is 11.1 Å². The molecule has 0 aliphatic heterocycles. The summed E-state index contributed by atoms with van der Waals surface area (Å²) >= 11 is 1.36. The van der Waals surface area contributed by atoms with Gasteiger partial charge >= 0.3 is 0 Å². The third kappa shape index (κ3) is 4.17. The summed E-state index contributed by atoms with van der Waals surface area (Å²) in [6.45, 7) is 1.88. The van der Waals surface area contributed by atoms with Crippen LogP contribution < -0.4 is 10.6 Å². The lowest BCUT2D eigenvalue weighted by atomic mass is 9.98. The second-order valence-electron chi connectivity index (χ2n) is 6.04. The number of carbonyl (C=O) groups excluding carboxylic acids is 1. The Balaban J connectivity index is 1.78. The van der Waals surface area contributed by atoms with Crippen molar-refractivity contribution >= 4 is 22.2 Å². The molecule has 2 aromatic carbocycles. The molecule has 1 amide bonds. The molecule has 0 saturated carbocycles. The van der Waals surface area contributed by atoms with Crippen LogP contribution in [0.3, 0.4) is 0 Å². The predicted molar refractivity (Wildman–Crippen MR) is 104 cm³/mol. The van der Waals surface area contributed by atoms with E-state index in [0.29, 0.717) is 10.6 Å². The summed E-state index contributed by atoms with van der Waals surface area (Å²) < 4.78 is 0. The third-order valence-electron chi connectivity index (χ3n) is 4.23. The SMILES string of the molecule is C[C@H]([NH2+]C(c1ccccc1)c1ccccc1)C(=O)Nc1sccc1C#N. The summed E-state index contributed by atoms with van der Waals surface area (Å²) in [5.41, 5.74) is 2.79. The van der Waals surface area contributed by atoms with Crippen molar-refractivity contribution in [3.05, 3.63) is 88.8 Å². The number of quaternary nitrogens is 1. The van der Waals surface area contributed by atoms with E-state index in [1.165, 1.54) is 11.3 Å². The summed E-state index contributed by atoms with van der Waals surface area (Å²) in [6, 6.07) is 23.8. The molecule has 1 atom stereocenters. The second kappa shape index (κ2) is 8.43. The molecule has 130 valence electrons. The number of anilines is 1. The van der Waals surface area contributed by atoms with Crippen LogP contribution in [0.4, 0.5) is 5.00 Å². The lowest BCUT2D eigenvalue weighted by Crippen LogP contribution is -2.92. The highest BCUT2D eigenvalue weighted by atomic mass is 32.1. The normalized spacial score (nSPS) is 11.7. The summed E-state index contributed by atoms with van der Waals surface area (Å²) in [5.74, 6) is -0.110. The number of thiophene rings is 1. The average Bonchev–Trinajstić information content (AvgIpc) is 3.14. The van der Waals surface area contributed by atoms with Crippen LogP contribution in [0.1, 0.15) is 29.7 Å². The smallest absolute Gasteiger partial charge is 0.282 e. The van der Waals surface area contributed by atoms with Gasteiger partial charge in [-0.1, -0.05) is 60.7 Å². The fourth-order valence-corrected chi connectivity index (χ4v) is 3.57. The number of benzene rings is 2. The van der Waals surface area contributed by atoms with E-state index < -0.39 is 0 Å². The quantitative estimate of drug-likeness (QED) is 0.706. The molecule has 0 unspecified atom stereocenters. The van der Waals surface area contributed by atoms with Crippen LogP contribution in [0, 0.1) is 11.3 Å². The fourth-order valence-electron chi connectivity index (χ4n) is 2.83.